The van der Waals surface area contributed by atoms with E-state index in [-0.39, 0.29) is 12.0 Å². The summed E-state index contributed by atoms with van der Waals surface area (Å²) in [6.07, 6.45) is 0. The molecule has 0 saturated heterocycles. The fourth-order valence-electron chi connectivity index (χ4n) is 0.967. The van der Waals surface area contributed by atoms with Gasteiger partial charge in [-0.15, -0.1) is 5.10 Å². The number of nitrogens with zero attached hydrogens (tertiary/aromatic N) is 2. The summed E-state index contributed by atoms with van der Waals surface area (Å²) >= 11 is 11.2. The average molecular weight is 245 g/mol. The minimum absolute atomic E-state index is 0.00436. The molecule has 15 heavy (non-hydrogen) atoms. The van der Waals surface area contributed by atoms with Crippen molar-refractivity contribution in [3.8, 4) is 5.75 Å². The van der Waals surface area contributed by atoms with Gasteiger partial charge in [0.25, 0.3) is 5.89 Å². The van der Waals surface area contributed by atoms with Gasteiger partial charge in [-0.05, 0) is 35.9 Å². The molecule has 6 heteroatoms. The minimum atomic E-state index is 0.00436. The van der Waals surface area contributed by atoms with E-state index in [4.69, 9.17) is 32.4 Å². The molecule has 0 aliphatic rings. The van der Waals surface area contributed by atoms with Gasteiger partial charge in [-0.25, -0.2) is 0 Å². The summed E-state index contributed by atoms with van der Waals surface area (Å²) in [5.74, 6) is 1.00. The van der Waals surface area contributed by atoms with E-state index in [0.29, 0.717) is 16.7 Å². The Labute approximate surface area is 95.8 Å². The summed E-state index contributed by atoms with van der Waals surface area (Å²) in [5, 5.41) is 7.80. The molecule has 0 atom stereocenters. The lowest BCUT2D eigenvalue weighted by molar-refractivity contribution is 0.263. The Balaban J connectivity index is 1.96. The third-order valence-corrected chi connectivity index (χ3v) is 2.02. The van der Waals surface area contributed by atoms with E-state index >= 15 is 0 Å². The smallest absolute Gasteiger partial charge is 0.312 e. The molecule has 4 nitrogen and oxygen atoms in total. The first-order valence-corrected chi connectivity index (χ1v) is 4.86. The monoisotopic (exact) mass is 244 g/mol. The maximum Gasteiger partial charge on any atom is 0.312 e. The van der Waals surface area contributed by atoms with Gasteiger partial charge in [-0.3, -0.25) is 0 Å². The van der Waals surface area contributed by atoms with Gasteiger partial charge in [0.1, 0.15) is 5.75 Å². The van der Waals surface area contributed by atoms with Gasteiger partial charge < -0.3 is 9.15 Å². The zero-order valence-corrected chi connectivity index (χ0v) is 9.00. The van der Waals surface area contributed by atoms with Crippen molar-refractivity contribution in [1.82, 2.24) is 10.2 Å². The molecule has 2 rings (SSSR count). The molecule has 0 amide bonds. The Kier molecular flexibility index (Phi) is 3.08. The molecule has 1 aromatic heterocycles. The van der Waals surface area contributed by atoms with Gasteiger partial charge in [0.2, 0.25) is 0 Å². The Morgan fingerprint density at radius 1 is 1.13 bits per heavy atom. The number of aromatic nitrogens is 2. The summed E-state index contributed by atoms with van der Waals surface area (Å²) in [6.45, 7) is 0.182. The second kappa shape index (κ2) is 4.51. The zero-order chi connectivity index (χ0) is 10.7. The van der Waals surface area contributed by atoms with Crippen molar-refractivity contribution in [2.45, 2.75) is 6.61 Å². The molecule has 0 saturated carbocycles. The fraction of sp³-hybridized carbons (Fsp3) is 0.111. The lowest BCUT2D eigenvalue weighted by atomic mass is 10.3. The number of halogens is 2. The van der Waals surface area contributed by atoms with Crippen LogP contribution in [0.1, 0.15) is 5.89 Å². The van der Waals surface area contributed by atoms with Crippen LogP contribution in [-0.2, 0) is 6.61 Å². The van der Waals surface area contributed by atoms with Crippen molar-refractivity contribution in [2.24, 2.45) is 0 Å². The number of rotatable bonds is 3. The quantitative estimate of drug-likeness (QED) is 0.833. The molecule has 0 spiro atoms. The predicted molar refractivity (Wildman–Crippen MR) is 55.1 cm³/mol. The lowest BCUT2D eigenvalue weighted by Gasteiger charge is -2.02. The zero-order valence-electron chi connectivity index (χ0n) is 7.48. The third kappa shape index (κ3) is 2.84. The van der Waals surface area contributed by atoms with E-state index in [1.807, 2.05) is 0 Å². The highest BCUT2D eigenvalue weighted by molar-refractivity contribution is 6.30. The Hall–Kier alpha value is -1.26. The molecule has 0 N–H and O–H groups in total. The lowest BCUT2D eigenvalue weighted by Crippen LogP contribution is -1.95. The van der Waals surface area contributed by atoms with Crippen LogP contribution >= 0.6 is 23.2 Å². The summed E-state index contributed by atoms with van der Waals surface area (Å²) in [6, 6.07) is 6.97. The van der Waals surface area contributed by atoms with Crippen molar-refractivity contribution < 1.29 is 9.15 Å². The molecule has 0 unspecified atom stereocenters. The Bertz CT molecular complexity index is 442. The topological polar surface area (TPSA) is 48.2 Å². The molecular weight excluding hydrogens is 239 g/mol. The fourth-order valence-corrected chi connectivity index (χ4v) is 1.22. The molecule has 0 fully saturated rings. The van der Waals surface area contributed by atoms with Crippen LogP contribution in [0.15, 0.2) is 28.7 Å². The predicted octanol–water partition coefficient (Wildman–Crippen LogP) is 2.96. The molecular formula is C9H6Cl2N2O2. The first-order chi connectivity index (χ1) is 7.24. The highest BCUT2D eigenvalue weighted by atomic mass is 35.5. The number of benzene rings is 1. The molecule has 78 valence electrons. The first-order valence-electron chi connectivity index (χ1n) is 4.10. The van der Waals surface area contributed by atoms with E-state index in [2.05, 4.69) is 10.2 Å². The maximum atomic E-state index is 5.72. The van der Waals surface area contributed by atoms with E-state index in [9.17, 15) is 0 Å². The first kappa shape index (κ1) is 10.3. The van der Waals surface area contributed by atoms with Crippen LogP contribution in [0, 0.1) is 0 Å². The SMILES string of the molecule is Clc1ccc(OCc2nnc(Cl)o2)cc1. The van der Waals surface area contributed by atoms with Crippen LogP contribution in [0.25, 0.3) is 0 Å². The molecule has 0 aliphatic carbocycles. The van der Waals surface area contributed by atoms with Crippen molar-refractivity contribution in [3.63, 3.8) is 0 Å². The van der Waals surface area contributed by atoms with Gasteiger partial charge in [0.05, 0.1) is 0 Å². The highest BCUT2D eigenvalue weighted by Gasteiger charge is 2.03. The normalized spacial score (nSPS) is 10.3. The Morgan fingerprint density at radius 3 is 2.47 bits per heavy atom. The van der Waals surface area contributed by atoms with E-state index < -0.39 is 0 Å². The molecule has 1 heterocycles. The van der Waals surface area contributed by atoms with Crippen molar-refractivity contribution in [1.29, 1.82) is 0 Å². The molecule has 2 aromatic rings. The summed E-state index contributed by atoms with van der Waals surface area (Å²) in [5.41, 5.74) is 0. The van der Waals surface area contributed by atoms with Gasteiger partial charge >= 0.3 is 5.35 Å². The summed E-state index contributed by atoms with van der Waals surface area (Å²) in [4.78, 5) is 0. The largest absolute Gasteiger partial charge is 0.484 e. The third-order valence-electron chi connectivity index (χ3n) is 1.62. The summed E-state index contributed by atoms with van der Waals surface area (Å²) in [7, 11) is 0. The number of hydrogen-bond donors (Lipinski definition) is 0. The average Bonchev–Trinajstić information content (AvgIpc) is 2.64. The molecule has 0 aliphatic heterocycles. The molecule has 0 bridgehead atoms. The Morgan fingerprint density at radius 2 is 1.87 bits per heavy atom. The van der Waals surface area contributed by atoms with Gasteiger partial charge in [-0.1, -0.05) is 16.7 Å². The van der Waals surface area contributed by atoms with Crippen LogP contribution in [0.2, 0.25) is 10.4 Å². The molecule has 0 radical (unpaired) electrons. The summed E-state index contributed by atoms with van der Waals surface area (Å²) < 4.78 is 10.3. The number of hydrogen-bond acceptors (Lipinski definition) is 4. The highest BCUT2D eigenvalue weighted by Crippen LogP contribution is 2.16. The second-order valence-corrected chi connectivity index (χ2v) is 3.45. The van der Waals surface area contributed by atoms with Crippen LogP contribution in [0.5, 0.6) is 5.75 Å². The van der Waals surface area contributed by atoms with E-state index in [1.165, 1.54) is 0 Å². The minimum Gasteiger partial charge on any atom is -0.484 e. The van der Waals surface area contributed by atoms with Crippen molar-refractivity contribution >= 4 is 23.2 Å². The van der Waals surface area contributed by atoms with Crippen molar-refractivity contribution in [3.05, 3.63) is 40.5 Å². The van der Waals surface area contributed by atoms with Crippen LogP contribution in [0.3, 0.4) is 0 Å². The van der Waals surface area contributed by atoms with Crippen LogP contribution in [-0.4, -0.2) is 10.2 Å². The van der Waals surface area contributed by atoms with Gasteiger partial charge in [0, 0.05) is 5.02 Å². The van der Waals surface area contributed by atoms with E-state index in [0.717, 1.165) is 0 Å². The van der Waals surface area contributed by atoms with Crippen LogP contribution in [0.4, 0.5) is 0 Å². The van der Waals surface area contributed by atoms with E-state index in [1.54, 1.807) is 24.3 Å². The second-order valence-electron chi connectivity index (χ2n) is 2.69. The van der Waals surface area contributed by atoms with Gasteiger partial charge in [-0.2, -0.15) is 0 Å². The molecule has 1 aromatic carbocycles. The van der Waals surface area contributed by atoms with Crippen molar-refractivity contribution in [2.75, 3.05) is 0 Å². The maximum absolute atomic E-state index is 5.72. The standard InChI is InChI=1S/C9H6Cl2N2O2/c10-6-1-3-7(4-2-6)14-5-8-12-13-9(11)15-8/h1-4H,5H2. The van der Waals surface area contributed by atoms with Crippen LogP contribution < -0.4 is 4.74 Å². The van der Waals surface area contributed by atoms with Gasteiger partial charge in [0.15, 0.2) is 6.61 Å². The number of ether oxygens (including phenoxy) is 1.